The lowest BCUT2D eigenvalue weighted by Crippen LogP contribution is -2.25. The third-order valence-electron chi connectivity index (χ3n) is 2.40. The van der Waals surface area contributed by atoms with Gasteiger partial charge in [-0.25, -0.2) is 0 Å². The lowest BCUT2D eigenvalue weighted by molar-refractivity contribution is 0.0956. The predicted octanol–water partition coefficient (Wildman–Crippen LogP) is 1.14. The Morgan fingerprint density at radius 3 is 2.75 bits per heavy atom. The Balaban J connectivity index is 2.29. The number of anilines is 2. The van der Waals surface area contributed by atoms with Crippen LogP contribution in [0.25, 0.3) is 0 Å². The number of rotatable bonds is 3. The van der Waals surface area contributed by atoms with Crippen LogP contribution in [0, 0.1) is 11.3 Å². The van der Waals surface area contributed by atoms with E-state index in [4.69, 9.17) is 11.0 Å². The fourth-order valence-corrected chi connectivity index (χ4v) is 2.31. The van der Waals surface area contributed by atoms with Crippen molar-refractivity contribution in [3.8, 4) is 6.07 Å². The van der Waals surface area contributed by atoms with Gasteiger partial charge in [0.1, 0.15) is 21.5 Å². The molecule has 4 N–H and O–H groups in total. The zero-order valence-electron chi connectivity index (χ0n) is 8.83. The van der Waals surface area contributed by atoms with E-state index in [-0.39, 0.29) is 17.6 Å². The number of nitrogens with zero attached hydrogens (tertiary/aromatic N) is 1. The Hall–Kier alpha value is -1.74. The van der Waals surface area contributed by atoms with Crippen LogP contribution in [0.2, 0.25) is 0 Å². The molecule has 0 aliphatic heterocycles. The number of hydrogen-bond donors (Lipinski definition) is 3. The molecule has 1 saturated carbocycles. The van der Waals surface area contributed by atoms with Gasteiger partial charge in [-0.05, 0) is 12.8 Å². The van der Waals surface area contributed by atoms with Gasteiger partial charge in [0.05, 0.1) is 5.69 Å². The second-order valence-corrected chi connectivity index (χ2v) is 4.68. The van der Waals surface area contributed by atoms with Crippen LogP contribution in [0.15, 0.2) is 0 Å². The standard InChI is InChI=1S/C10H12N4OS/c1-13-10-6(4-11)7(12)8(16-10)9(15)14-5-2-3-5/h5,13H,2-3,12H2,1H3,(H,14,15). The molecule has 1 amide bonds. The Kier molecular flexibility index (Phi) is 2.71. The zero-order chi connectivity index (χ0) is 11.7. The average Bonchev–Trinajstić information content (AvgIpc) is 3.01. The summed E-state index contributed by atoms with van der Waals surface area (Å²) >= 11 is 1.22. The maximum Gasteiger partial charge on any atom is 0.263 e. The maximum atomic E-state index is 11.8. The van der Waals surface area contributed by atoms with Crippen LogP contribution in [-0.4, -0.2) is 19.0 Å². The van der Waals surface area contributed by atoms with Crippen LogP contribution >= 0.6 is 11.3 Å². The number of carbonyl (C=O) groups is 1. The van der Waals surface area contributed by atoms with E-state index in [1.165, 1.54) is 11.3 Å². The molecule has 0 saturated heterocycles. The van der Waals surface area contributed by atoms with Gasteiger partial charge in [0.15, 0.2) is 0 Å². The van der Waals surface area contributed by atoms with E-state index in [9.17, 15) is 4.79 Å². The van der Waals surface area contributed by atoms with Gasteiger partial charge >= 0.3 is 0 Å². The maximum absolute atomic E-state index is 11.8. The smallest absolute Gasteiger partial charge is 0.263 e. The summed E-state index contributed by atoms with van der Waals surface area (Å²) in [5.41, 5.74) is 6.40. The predicted molar refractivity (Wildman–Crippen MR) is 63.5 cm³/mol. The number of carbonyl (C=O) groups excluding carboxylic acids is 1. The number of nitriles is 1. The van der Waals surface area contributed by atoms with E-state index in [1.807, 2.05) is 6.07 Å². The fourth-order valence-electron chi connectivity index (χ4n) is 1.38. The van der Waals surface area contributed by atoms with E-state index in [1.54, 1.807) is 7.05 Å². The molecule has 0 atom stereocenters. The van der Waals surface area contributed by atoms with E-state index < -0.39 is 0 Å². The van der Waals surface area contributed by atoms with E-state index in [0.29, 0.717) is 15.4 Å². The Bertz CT molecular complexity index is 470. The molecular weight excluding hydrogens is 224 g/mol. The van der Waals surface area contributed by atoms with Crippen molar-refractivity contribution in [3.63, 3.8) is 0 Å². The second-order valence-electron chi connectivity index (χ2n) is 3.66. The van der Waals surface area contributed by atoms with Gasteiger partial charge in [0.25, 0.3) is 5.91 Å². The summed E-state index contributed by atoms with van der Waals surface area (Å²) in [4.78, 5) is 12.2. The molecule has 0 bridgehead atoms. The van der Waals surface area contributed by atoms with Crippen LogP contribution < -0.4 is 16.4 Å². The zero-order valence-corrected chi connectivity index (χ0v) is 9.65. The van der Waals surface area contributed by atoms with Crippen molar-refractivity contribution in [2.75, 3.05) is 18.1 Å². The summed E-state index contributed by atoms with van der Waals surface area (Å²) in [6.07, 6.45) is 2.06. The molecule has 84 valence electrons. The van der Waals surface area contributed by atoms with Crippen molar-refractivity contribution in [2.45, 2.75) is 18.9 Å². The number of amides is 1. The largest absolute Gasteiger partial charge is 0.396 e. The molecule has 1 aliphatic rings. The number of nitrogens with one attached hydrogen (secondary N) is 2. The van der Waals surface area contributed by atoms with Crippen molar-refractivity contribution in [2.24, 2.45) is 0 Å². The van der Waals surface area contributed by atoms with Crippen molar-refractivity contribution < 1.29 is 4.79 Å². The fraction of sp³-hybridized carbons (Fsp3) is 0.400. The molecule has 0 unspecified atom stereocenters. The van der Waals surface area contributed by atoms with Crippen LogP contribution in [0.1, 0.15) is 28.1 Å². The highest BCUT2D eigenvalue weighted by molar-refractivity contribution is 7.18. The Labute approximate surface area is 97.2 Å². The minimum Gasteiger partial charge on any atom is -0.396 e. The molecule has 0 aromatic carbocycles. The Morgan fingerprint density at radius 2 is 2.31 bits per heavy atom. The quantitative estimate of drug-likeness (QED) is 0.733. The Morgan fingerprint density at radius 1 is 1.62 bits per heavy atom. The lowest BCUT2D eigenvalue weighted by Gasteiger charge is -2.00. The van der Waals surface area contributed by atoms with E-state index >= 15 is 0 Å². The molecule has 6 heteroatoms. The minimum atomic E-state index is -0.178. The highest BCUT2D eigenvalue weighted by atomic mass is 32.1. The third-order valence-corrected chi connectivity index (χ3v) is 3.62. The molecular formula is C10H12N4OS. The molecule has 16 heavy (non-hydrogen) atoms. The summed E-state index contributed by atoms with van der Waals surface area (Å²) < 4.78 is 0. The molecule has 1 heterocycles. The van der Waals surface area contributed by atoms with Gasteiger partial charge in [-0.3, -0.25) is 4.79 Å². The highest BCUT2D eigenvalue weighted by Gasteiger charge is 2.27. The topological polar surface area (TPSA) is 90.9 Å². The molecule has 2 rings (SSSR count). The van der Waals surface area contributed by atoms with Gasteiger partial charge in [0.2, 0.25) is 0 Å². The average molecular weight is 236 g/mol. The first-order valence-corrected chi connectivity index (χ1v) is 5.80. The number of hydrogen-bond acceptors (Lipinski definition) is 5. The van der Waals surface area contributed by atoms with Gasteiger partial charge in [-0.2, -0.15) is 5.26 Å². The van der Waals surface area contributed by atoms with Gasteiger partial charge in [0, 0.05) is 13.1 Å². The van der Waals surface area contributed by atoms with Gasteiger partial charge in [-0.1, -0.05) is 0 Å². The SMILES string of the molecule is CNc1sc(C(=O)NC2CC2)c(N)c1C#N. The first-order chi connectivity index (χ1) is 7.67. The first kappa shape index (κ1) is 10.8. The van der Waals surface area contributed by atoms with Gasteiger partial charge < -0.3 is 16.4 Å². The normalized spacial score (nSPS) is 14.2. The van der Waals surface area contributed by atoms with Crippen molar-refractivity contribution in [3.05, 3.63) is 10.4 Å². The molecule has 1 aromatic heterocycles. The first-order valence-electron chi connectivity index (χ1n) is 4.98. The number of nitrogens with two attached hydrogens (primary N) is 1. The summed E-state index contributed by atoms with van der Waals surface area (Å²) in [5.74, 6) is -0.178. The van der Waals surface area contributed by atoms with Crippen LogP contribution in [0.5, 0.6) is 0 Å². The van der Waals surface area contributed by atoms with Crippen LogP contribution in [0.4, 0.5) is 10.7 Å². The molecule has 1 aromatic rings. The van der Waals surface area contributed by atoms with E-state index in [2.05, 4.69) is 10.6 Å². The molecule has 5 nitrogen and oxygen atoms in total. The summed E-state index contributed by atoms with van der Waals surface area (Å²) in [6.45, 7) is 0. The van der Waals surface area contributed by atoms with Crippen LogP contribution in [0.3, 0.4) is 0 Å². The third kappa shape index (κ3) is 1.82. The van der Waals surface area contributed by atoms with Crippen molar-refractivity contribution in [1.82, 2.24) is 5.32 Å². The molecule has 1 aliphatic carbocycles. The number of thiophene rings is 1. The summed E-state index contributed by atoms with van der Waals surface area (Å²) in [7, 11) is 1.70. The number of nitrogen functional groups attached to an aromatic ring is 1. The highest BCUT2D eigenvalue weighted by Crippen LogP contribution is 2.35. The van der Waals surface area contributed by atoms with Gasteiger partial charge in [-0.15, -0.1) is 11.3 Å². The van der Waals surface area contributed by atoms with Crippen molar-refractivity contribution >= 4 is 27.9 Å². The monoisotopic (exact) mass is 236 g/mol. The molecule has 0 spiro atoms. The minimum absolute atomic E-state index is 0.178. The summed E-state index contributed by atoms with van der Waals surface area (Å²) in [5, 5.41) is 15.3. The lowest BCUT2D eigenvalue weighted by atomic mass is 10.2. The van der Waals surface area contributed by atoms with E-state index in [0.717, 1.165) is 12.8 Å². The second kappa shape index (κ2) is 4.02. The van der Waals surface area contributed by atoms with Crippen LogP contribution in [-0.2, 0) is 0 Å². The van der Waals surface area contributed by atoms with Crippen molar-refractivity contribution in [1.29, 1.82) is 5.26 Å². The summed E-state index contributed by atoms with van der Waals surface area (Å²) in [6, 6.07) is 2.29. The molecule has 1 fully saturated rings. The molecule has 0 radical (unpaired) electrons.